The van der Waals surface area contributed by atoms with Crippen LogP contribution in [0.5, 0.6) is 0 Å². The number of aliphatic hydroxyl groups is 1. The Morgan fingerprint density at radius 3 is 2.29 bits per heavy atom. The highest BCUT2D eigenvalue weighted by Crippen LogP contribution is 1.93. The third-order valence-corrected chi connectivity index (χ3v) is 1.56. The predicted molar refractivity (Wildman–Crippen MR) is 45.0 cm³/mol. The maximum atomic E-state index is 11.0. The lowest BCUT2D eigenvalue weighted by atomic mass is 10.1. The normalized spacial score (nSPS) is 14.1. The zero-order chi connectivity index (χ0) is 11.3. The number of aliphatic carboxylic acids is 1. The Hall–Kier alpha value is -1.63. The average Bonchev–Trinajstić information content (AvgIpc) is 2.11. The van der Waals surface area contributed by atoms with Crippen molar-refractivity contribution in [3.05, 3.63) is 0 Å². The molecule has 2 amide bonds. The predicted octanol–water partition coefficient (Wildman–Crippen LogP) is -2.33. The molecule has 14 heavy (non-hydrogen) atoms. The molecule has 7 nitrogen and oxygen atoms in total. The van der Waals surface area contributed by atoms with Crippen LogP contribution < -0.4 is 11.1 Å². The third-order valence-electron chi connectivity index (χ3n) is 1.56. The van der Waals surface area contributed by atoms with Gasteiger partial charge in [-0.3, -0.25) is 14.4 Å². The Morgan fingerprint density at radius 2 is 1.93 bits per heavy atom. The summed E-state index contributed by atoms with van der Waals surface area (Å²) < 4.78 is 0. The van der Waals surface area contributed by atoms with Crippen molar-refractivity contribution in [1.82, 2.24) is 5.32 Å². The summed E-state index contributed by atoms with van der Waals surface area (Å²) >= 11 is 0. The van der Waals surface area contributed by atoms with Crippen molar-refractivity contribution < 1.29 is 24.6 Å². The number of rotatable bonds is 5. The minimum absolute atomic E-state index is 0.383. The van der Waals surface area contributed by atoms with E-state index in [-0.39, 0.29) is 6.54 Å². The van der Waals surface area contributed by atoms with E-state index in [1.165, 1.54) is 6.92 Å². The molecular formula is C7H12N2O5. The van der Waals surface area contributed by atoms with Crippen molar-refractivity contribution in [1.29, 1.82) is 0 Å². The monoisotopic (exact) mass is 204 g/mol. The first-order valence-electron chi connectivity index (χ1n) is 3.84. The van der Waals surface area contributed by atoms with E-state index in [2.05, 4.69) is 5.32 Å². The number of hydrogen-bond donors (Lipinski definition) is 4. The summed E-state index contributed by atoms with van der Waals surface area (Å²) in [6, 6.07) is 0. The van der Waals surface area contributed by atoms with Gasteiger partial charge in [0.05, 0.1) is 6.54 Å². The van der Waals surface area contributed by atoms with Gasteiger partial charge in [0.2, 0.25) is 11.8 Å². The summed E-state index contributed by atoms with van der Waals surface area (Å²) in [5, 5.41) is 19.3. The zero-order valence-corrected chi connectivity index (χ0v) is 7.56. The summed E-state index contributed by atoms with van der Waals surface area (Å²) in [4.78, 5) is 31.6. The van der Waals surface area contributed by atoms with E-state index in [9.17, 15) is 14.4 Å². The molecule has 7 heteroatoms. The van der Waals surface area contributed by atoms with Gasteiger partial charge in [0.15, 0.2) is 0 Å². The standard InChI is InChI=1S/C7H12N2O5/c1-3(7(13)14)6(12)9-2-4(10)5(8)11/h3-4,10H,2H2,1H3,(H2,8,11)(H,9,12)(H,13,14). The summed E-state index contributed by atoms with van der Waals surface area (Å²) in [5.41, 5.74) is 4.70. The number of nitrogens with one attached hydrogen (secondary N) is 1. The molecular weight excluding hydrogens is 192 g/mol. The first-order valence-corrected chi connectivity index (χ1v) is 3.84. The molecule has 0 radical (unpaired) electrons. The number of hydrogen-bond acceptors (Lipinski definition) is 4. The van der Waals surface area contributed by atoms with E-state index in [0.717, 1.165) is 0 Å². The third kappa shape index (κ3) is 3.85. The van der Waals surface area contributed by atoms with Crippen LogP contribution >= 0.6 is 0 Å². The number of nitrogens with two attached hydrogens (primary N) is 1. The molecule has 0 fully saturated rings. The fourth-order valence-electron chi connectivity index (χ4n) is 0.563. The largest absolute Gasteiger partial charge is 0.481 e. The Labute approximate surface area is 79.9 Å². The highest BCUT2D eigenvalue weighted by atomic mass is 16.4. The molecule has 0 heterocycles. The van der Waals surface area contributed by atoms with Crippen LogP contribution in [-0.2, 0) is 14.4 Å². The zero-order valence-electron chi connectivity index (χ0n) is 7.56. The summed E-state index contributed by atoms with van der Waals surface area (Å²) in [5.74, 6) is -4.27. The minimum atomic E-state index is -1.50. The molecule has 2 unspecified atom stereocenters. The molecule has 0 bridgehead atoms. The van der Waals surface area contributed by atoms with Gasteiger partial charge >= 0.3 is 5.97 Å². The molecule has 0 aliphatic carbocycles. The van der Waals surface area contributed by atoms with Crippen LogP contribution in [0, 0.1) is 5.92 Å². The van der Waals surface area contributed by atoms with E-state index in [4.69, 9.17) is 15.9 Å². The summed E-state index contributed by atoms with van der Waals surface area (Å²) in [7, 11) is 0. The van der Waals surface area contributed by atoms with E-state index in [1.54, 1.807) is 0 Å². The Bertz CT molecular complexity index is 252. The Balaban J connectivity index is 3.97. The van der Waals surface area contributed by atoms with Gasteiger partial charge in [-0.2, -0.15) is 0 Å². The Morgan fingerprint density at radius 1 is 1.43 bits per heavy atom. The number of carbonyl (C=O) groups is 3. The van der Waals surface area contributed by atoms with Crippen LogP contribution in [-0.4, -0.2) is 40.6 Å². The second-order valence-electron chi connectivity index (χ2n) is 2.72. The molecule has 0 saturated heterocycles. The highest BCUT2D eigenvalue weighted by molar-refractivity contribution is 5.96. The highest BCUT2D eigenvalue weighted by Gasteiger charge is 2.21. The molecule has 0 aromatic heterocycles. The van der Waals surface area contributed by atoms with E-state index in [0.29, 0.717) is 0 Å². The molecule has 0 aromatic rings. The molecule has 0 aliphatic rings. The van der Waals surface area contributed by atoms with Gasteiger partial charge in [0, 0.05) is 0 Å². The first kappa shape index (κ1) is 12.4. The van der Waals surface area contributed by atoms with E-state index < -0.39 is 29.8 Å². The number of amides is 2. The van der Waals surface area contributed by atoms with Gasteiger partial charge in [0.1, 0.15) is 12.0 Å². The van der Waals surface area contributed by atoms with Gasteiger partial charge in [-0.15, -0.1) is 0 Å². The van der Waals surface area contributed by atoms with Crippen molar-refractivity contribution in [2.45, 2.75) is 13.0 Å². The van der Waals surface area contributed by atoms with E-state index >= 15 is 0 Å². The van der Waals surface area contributed by atoms with Crippen LogP contribution in [0.15, 0.2) is 0 Å². The van der Waals surface area contributed by atoms with Crippen LogP contribution in [0.4, 0.5) is 0 Å². The van der Waals surface area contributed by atoms with Crippen LogP contribution in [0.25, 0.3) is 0 Å². The topological polar surface area (TPSA) is 130 Å². The lowest BCUT2D eigenvalue weighted by molar-refractivity contribution is -0.146. The van der Waals surface area contributed by atoms with Gasteiger partial charge in [-0.1, -0.05) is 0 Å². The number of primary amides is 1. The fourth-order valence-corrected chi connectivity index (χ4v) is 0.563. The summed E-state index contributed by atoms with van der Waals surface area (Å²) in [6.07, 6.45) is -1.50. The lowest BCUT2D eigenvalue weighted by Crippen LogP contribution is -2.42. The fraction of sp³-hybridized carbons (Fsp3) is 0.571. The van der Waals surface area contributed by atoms with Gasteiger partial charge < -0.3 is 21.3 Å². The molecule has 2 atom stereocenters. The quantitative estimate of drug-likeness (QED) is 0.373. The molecule has 0 saturated carbocycles. The number of carboxylic acids is 1. The maximum absolute atomic E-state index is 11.0. The maximum Gasteiger partial charge on any atom is 0.315 e. The van der Waals surface area contributed by atoms with Crippen LogP contribution in [0.3, 0.4) is 0 Å². The van der Waals surface area contributed by atoms with Crippen molar-refractivity contribution in [3.63, 3.8) is 0 Å². The lowest BCUT2D eigenvalue weighted by Gasteiger charge is -2.10. The smallest absolute Gasteiger partial charge is 0.315 e. The van der Waals surface area contributed by atoms with Crippen molar-refractivity contribution >= 4 is 17.8 Å². The molecule has 5 N–H and O–H groups in total. The average molecular weight is 204 g/mol. The SMILES string of the molecule is CC(C(=O)O)C(=O)NCC(O)C(N)=O. The first-order chi connectivity index (χ1) is 6.36. The van der Waals surface area contributed by atoms with Crippen LogP contribution in [0.2, 0.25) is 0 Å². The van der Waals surface area contributed by atoms with Crippen molar-refractivity contribution in [2.75, 3.05) is 6.54 Å². The molecule has 0 aromatic carbocycles. The molecule has 0 aliphatic heterocycles. The number of carbonyl (C=O) groups excluding carboxylic acids is 2. The molecule has 80 valence electrons. The summed E-state index contributed by atoms with van der Waals surface area (Å²) in [6.45, 7) is 0.806. The van der Waals surface area contributed by atoms with Crippen molar-refractivity contribution in [2.24, 2.45) is 11.7 Å². The Kier molecular flexibility index (Phi) is 4.57. The number of aliphatic hydroxyl groups excluding tert-OH is 1. The van der Waals surface area contributed by atoms with Gasteiger partial charge in [-0.25, -0.2) is 0 Å². The number of carboxylic acid groups (broad SMARTS) is 1. The van der Waals surface area contributed by atoms with E-state index in [1.807, 2.05) is 0 Å². The molecule has 0 rings (SSSR count). The van der Waals surface area contributed by atoms with Crippen molar-refractivity contribution in [3.8, 4) is 0 Å². The second-order valence-corrected chi connectivity index (χ2v) is 2.72. The van der Waals surface area contributed by atoms with Crippen LogP contribution in [0.1, 0.15) is 6.92 Å². The van der Waals surface area contributed by atoms with Gasteiger partial charge in [0.25, 0.3) is 0 Å². The van der Waals surface area contributed by atoms with Gasteiger partial charge in [-0.05, 0) is 6.92 Å². The molecule has 0 spiro atoms. The minimum Gasteiger partial charge on any atom is -0.481 e. The second kappa shape index (κ2) is 5.18.